The van der Waals surface area contributed by atoms with Crippen molar-refractivity contribution >= 4 is 0 Å². The molecule has 2 bridgehead atoms. The molecular weight excluding hydrogens is 186 g/mol. The monoisotopic (exact) mass is 209 g/mol. The lowest BCUT2D eigenvalue weighted by atomic mass is 9.79. The Morgan fingerprint density at radius 1 is 1.07 bits per heavy atom. The van der Waals surface area contributed by atoms with E-state index in [0.29, 0.717) is 6.61 Å². The van der Waals surface area contributed by atoms with Crippen LogP contribution in [-0.4, -0.2) is 24.3 Å². The molecule has 0 saturated heterocycles. The van der Waals surface area contributed by atoms with Gasteiger partial charge in [0.25, 0.3) is 0 Å². The molecule has 2 heteroatoms. The quantitative estimate of drug-likeness (QED) is 0.692. The van der Waals surface area contributed by atoms with E-state index < -0.39 is 0 Å². The van der Waals surface area contributed by atoms with Crippen molar-refractivity contribution in [3.8, 4) is 0 Å². The van der Waals surface area contributed by atoms with Crippen molar-refractivity contribution in [2.45, 2.75) is 44.6 Å². The van der Waals surface area contributed by atoms with Gasteiger partial charge < -0.3 is 10.4 Å². The first-order valence-corrected chi connectivity index (χ1v) is 6.74. The lowest BCUT2D eigenvalue weighted by Gasteiger charge is -2.32. The molecule has 3 rings (SSSR count). The fourth-order valence-corrected chi connectivity index (χ4v) is 4.67. The number of rotatable bonds is 4. The van der Waals surface area contributed by atoms with Gasteiger partial charge in [0, 0.05) is 12.6 Å². The van der Waals surface area contributed by atoms with Crippen LogP contribution < -0.4 is 5.32 Å². The van der Waals surface area contributed by atoms with E-state index in [0.717, 1.165) is 42.7 Å². The number of fused-ring (bicyclic) bond motifs is 5. The number of nitrogens with one attached hydrogen (secondary N) is 1. The van der Waals surface area contributed by atoms with Gasteiger partial charge in [-0.2, -0.15) is 0 Å². The second-order valence-electron chi connectivity index (χ2n) is 5.79. The molecule has 0 aromatic carbocycles. The van der Waals surface area contributed by atoms with E-state index in [4.69, 9.17) is 5.11 Å². The molecule has 0 aromatic heterocycles. The fourth-order valence-electron chi connectivity index (χ4n) is 4.67. The fraction of sp³-hybridized carbons (Fsp3) is 1.00. The van der Waals surface area contributed by atoms with Crippen molar-refractivity contribution in [3.63, 3.8) is 0 Å². The van der Waals surface area contributed by atoms with Gasteiger partial charge in [-0.3, -0.25) is 0 Å². The highest BCUT2D eigenvalue weighted by atomic mass is 16.3. The van der Waals surface area contributed by atoms with Gasteiger partial charge in [-0.25, -0.2) is 0 Å². The van der Waals surface area contributed by atoms with Gasteiger partial charge >= 0.3 is 0 Å². The summed E-state index contributed by atoms with van der Waals surface area (Å²) in [6.45, 7) is 1.35. The Morgan fingerprint density at radius 3 is 2.80 bits per heavy atom. The normalized spacial score (nSPS) is 47.4. The summed E-state index contributed by atoms with van der Waals surface area (Å²) in [7, 11) is 0. The predicted octanol–water partition coefficient (Wildman–Crippen LogP) is 1.78. The Morgan fingerprint density at radius 2 is 1.93 bits per heavy atom. The van der Waals surface area contributed by atoms with Gasteiger partial charge in [0.1, 0.15) is 0 Å². The lowest BCUT2D eigenvalue weighted by molar-refractivity contribution is 0.204. The van der Waals surface area contributed by atoms with Crippen LogP contribution in [0.3, 0.4) is 0 Å². The molecule has 0 spiro atoms. The van der Waals surface area contributed by atoms with Crippen molar-refractivity contribution in [1.29, 1.82) is 0 Å². The molecule has 86 valence electrons. The molecule has 0 unspecified atom stereocenters. The van der Waals surface area contributed by atoms with Gasteiger partial charge in [-0.15, -0.1) is 0 Å². The van der Waals surface area contributed by atoms with E-state index in [-0.39, 0.29) is 0 Å². The number of hydrogen-bond acceptors (Lipinski definition) is 2. The van der Waals surface area contributed by atoms with Crippen LogP contribution in [0.1, 0.15) is 38.5 Å². The second-order valence-corrected chi connectivity index (χ2v) is 5.79. The van der Waals surface area contributed by atoms with E-state index in [1.54, 1.807) is 0 Å². The highest BCUT2D eigenvalue weighted by Crippen LogP contribution is 2.58. The van der Waals surface area contributed by atoms with Gasteiger partial charge in [-0.05, 0) is 62.3 Å². The molecule has 3 aliphatic rings. The van der Waals surface area contributed by atoms with Crippen LogP contribution in [-0.2, 0) is 0 Å². The first kappa shape index (κ1) is 10.1. The van der Waals surface area contributed by atoms with E-state index in [2.05, 4.69) is 5.32 Å². The molecule has 0 heterocycles. The summed E-state index contributed by atoms with van der Waals surface area (Å²) >= 11 is 0. The Bertz CT molecular complexity index is 231. The molecule has 2 nitrogen and oxygen atoms in total. The highest BCUT2D eigenvalue weighted by molar-refractivity contribution is 5.05. The zero-order valence-electron chi connectivity index (χ0n) is 9.49. The standard InChI is InChI=1S/C13H23NO/c15-6-2-5-14-13-8-9-7-12(13)11-4-1-3-10(9)11/h9-15H,1-8H2/t9-,10+,11+,12+,13-/m1/s1. The molecule has 2 N–H and O–H groups in total. The molecular formula is C13H23NO. The molecule has 15 heavy (non-hydrogen) atoms. The third kappa shape index (κ3) is 1.62. The van der Waals surface area contributed by atoms with Crippen LogP contribution in [0.5, 0.6) is 0 Å². The SMILES string of the molecule is OCCCN[C@@H]1C[C@H]2C[C@H]1[C@H]1CCC[C@@H]21. The van der Waals surface area contributed by atoms with Crippen LogP contribution in [0.2, 0.25) is 0 Å². The Labute approximate surface area is 92.4 Å². The minimum atomic E-state index is 0.333. The van der Waals surface area contributed by atoms with Crippen molar-refractivity contribution in [2.24, 2.45) is 23.7 Å². The molecule has 0 radical (unpaired) electrons. The predicted molar refractivity (Wildman–Crippen MR) is 60.5 cm³/mol. The largest absolute Gasteiger partial charge is 0.396 e. The third-order valence-electron chi connectivity index (χ3n) is 5.17. The van der Waals surface area contributed by atoms with E-state index in [9.17, 15) is 0 Å². The summed E-state index contributed by atoms with van der Waals surface area (Å²) in [6, 6.07) is 0.792. The molecule has 0 aliphatic heterocycles. The smallest absolute Gasteiger partial charge is 0.0443 e. The van der Waals surface area contributed by atoms with E-state index >= 15 is 0 Å². The summed E-state index contributed by atoms with van der Waals surface area (Å²) in [4.78, 5) is 0. The summed E-state index contributed by atoms with van der Waals surface area (Å²) < 4.78 is 0. The van der Waals surface area contributed by atoms with Crippen LogP contribution in [0.4, 0.5) is 0 Å². The number of aliphatic hydroxyl groups is 1. The maximum absolute atomic E-state index is 8.78. The Hall–Kier alpha value is -0.0800. The molecule has 5 atom stereocenters. The average Bonchev–Trinajstić information content (AvgIpc) is 2.89. The minimum Gasteiger partial charge on any atom is -0.396 e. The summed E-state index contributed by atoms with van der Waals surface area (Å²) in [5.74, 6) is 4.21. The summed E-state index contributed by atoms with van der Waals surface area (Å²) in [5, 5.41) is 12.4. The summed E-state index contributed by atoms with van der Waals surface area (Å²) in [5.41, 5.74) is 0. The van der Waals surface area contributed by atoms with Crippen molar-refractivity contribution in [2.75, 3.05) is 13.2 Å². The van der Waals surface area contributed by atoms with Crippen LogP contribution >= 0.6 is 0 Å². The average molecular weight is 209 g/mol. The molecule has 0 aromatic rings. The third-order valence-corrected chi connectivity index (χ3v) is 5.17. The van der Waals surface area contributed by atoms with Crippen LogP contribution in [0.25, 0.3) is 0 Å². The summed E-state index contributed by atoms with van der Waals surface area (Å²) in [6.07, 6.45) is 8.37. The highest BCUT2D eigenvalue weighted by Gasteiger charge is 2.53. The number of hydrogen-bond donors (Lipinski definition) is 2. The first-order valence-electron chi connectivity index (χ1n) is 6.74. The minimum absolute atomic E-state index is 0.333. The number of aliphatic hydroxyl groups excluding tert-OH is 1. The Balaban J connectivity index is 1.56. The van der Waals surface area contributed by atoms with E-state index in [1.165, 1.54) is 32.1 Å². The first-order chi connectivity index (χ1) is 7.40. The molecule has 3 fully saturated rings. The van der Waals surface area contributed by atoms with Crippen molar-refractivity contribution in [3.05, 3.63) is 0 Å². The lowest BCUT2D eigenvalue weighted by Crippen LogP contribution is -2.39. The maximum atomic E-state index is 8.78. The Kier molecular flexibility index (Phi) is 2.73. The maximum Gasteiger partial charge on any atom is 0.0443 e. The van der Waals surface area contributed by atoms with Crippen LogP contribution in [0, 0.1) is 23.7 Å². The van der Waals surface area contributed by atoms with Crippen molar-refractivity contribution < 1.29 is 5.11 Å². The van der Waals surface area contributed by atoms with E-state index in [1.807, 2.05) is 0 Å². The van der Waals surface area contributed by atoms with Gasteiger partial charge in [0.15, 0.2) is 0 Å². The topological polar surface area (TPSA) is 32.3 Å². The van der Waals surface area contributed by atoms with Gasteiger partial charge in [0.2, 0.25) is 0 Å². The zero-order valence-corrected chi connectivity index (χ0v) is 9.49. The van der Waals surface area contributed by atoms with Crippen molar-refractivity contribution in [1.82, 2.24) is 5.32 Å². The zero-order chi connectivity index (χ0) is 10.3. The molecule has 3 saturated carbocycles. The molecule has 3 aliphatic carbocycles. The van der Waals surface area contributed by atoms with Crippen LogP contribution in [0.15, 0.2) is 0 Å². The van der Waals surface area contributed by atoms with Gasteiger partial charge in [0.05, 0.1) is 0 Å². The second kappa shape index (κ2) is 4.06. The molecule has 0 amide bonds. The van der Waals surface area contributed by atoms with Gasteiger partial charge in [-0.1, -0.05) is 6.42 Å².